The SMILES string of the molecule is COC(=O)C1C(C)=NC2(C)OC2(C(=O)OC)C1c1ccccc1[N+](=O)[O-]. The normalized spacial score (nSPS) is 32.1. The summed E-state index contributed by atoms with van der Waals surface area (Å²) in [6.45, 7) is 3.19. The predicted molar refractivity (Wildman–Crippen MR) is 88.7 cm³/mol. The summed E-state index contributed by atoms with van der Waals surface area (Å²) < 4.78 is 15.5. The van der Waals surface area contributed by atoms with Crippen molar-refractivity contribution in [2.75, 3.05) is 14.2 Å². The van der Waals surface area contributed by atoms with E-state index in [0.717, 1.165) is 0 Å². The molecule has 4 unspecified atom stereocenters. The standard InChI is InChI=1S/C17H18N2O7/c1-9-12(14(20)24-3)13(10-7-5-6-8-11(10)19(22)23)17(15(21)25-4)16(2,18-9)26-17/h5-8,12-13H,1-4H3. The average Bonchev–Trinajstić information content (AvgIpc) is 3.25. The summed E-state index contributed by atoms with van der Waals surface area (Å²) in [5.74, 6) is -3.43. The molecule has 9 heteroatoms. The van der Waals surface area contributed by atoms with Gasteiger partial charge in [-0.1, -0.05) is 18.2 Å². The fourth-order valence-electron chi connectivity index (χ4n) is 3.89. The lowest BCUT2D eigenvalue weighted by Gasteiger charge is -2.33. The molecule has 0 N–H and O–H groups in total. The van der Waals surface area contributed by atoms with Crippen molar-refractivity contribution in [1.82, 2.24) is 0 Å². The number of hydrogen-bond donors (Lipinski definition) is 0. The molecule has 0 bridgehead atoms. The van der Waals surface area contributed by atoms with Gasteiger partial charge in [-0.15, -0.1) is 0 Å². The first kappa shape index (κ1) is 18.0. The zero-order valence-electron chi connectivity index (χ0n) is 14.7. The van der Waals surface area contributed by atoms with Gasteiger partial charge in [-0.05, 0) is 13.8 Å². The minimum atomic E-state index is -1.63. The summed E-state index contributed by atoms with van der Waals surface area (Å²) in [4.78, 5) is 40.4. The number of carbonyl (C=O) groups excluding carboxylic acids is 2. The van der Waals surface area contributed by atoms with Crippen LogP contribution < -0.4 is 0 Å². The number of nitro groups is 1. The van der Waals surface area contributed by atoms with E-state index in [-0.39, 0.29) is 11.3 Å². The first-order chi connectivity index (χ1) is 12.2. The summed E-state index contributed by atoms with van der Waals surface area (Å²) in [5, 5.41) is 11.5. The Morgan fingerprint density at radius 2 is 1.92 bits per heavy atom. The molecule has 2 aliphatic heterocycles. The van der Waals surface area contributed by atoms with E-state index in [1.165, 1.54) is 32.4 Å². The molecule has 9 nitrogen and oxygen atoms in total. The van der Waals surface area contributed by atoms with Crippen LogP contribution >= 0.6 is 0 Å². The van der Waals surface area contributed by atoms with Crippen molar-refractivity contribution >= 4 is 23.3 Å². The van der Waals surface area contributed by atoms with Gasteiger partial charge in [0.05, 0.1) is 25.1 Å². The van der Waals surface area contributed by atoms with Gasteiger partial charge in [0, 0.05) is 17.3 Å². The lowest BCUT2D eigenvalue weighted by atomic mass is 9.69. The molecular formula is C17H18N2O7. The van der Waals surface area contributed by atoms with E-state index >= 15 is 0 Å². The number of methoxy groups -OCH3 is 2. The molecule has 2 aliphatic rings. The zero-order chi connectivity index (χ0) is 19.3. The van der Waals surface area contributed by atoms with Crippen LogP contribution in [0.3, 0.4) is 0 Å². The van der Waals surface area contributed by atoms with Crippen LogP contribution in [0.4, 0.5) is 5.69 Å². The van der Waals surface area contributed by atoms with E-state index in [9.17, 15) is 19.7 Å². The Kier molecular flexibility index (Phi) is 4.06. The van der Waals surface area contributed by atoms with Gasteiger partial charge in [-0.25, -0.2) is 4.79 Å². The highest BCUT2D eigenvalue weighted by Gasteiger charge is 2.81. The quantitative estimate of drug-likeness (QED) is 0.345. The minimum Gasteiger partial charge on any atom is -0.468 e. The molecule has 26 heavy (non-hydrogen) atoms. The number of nitrogens with zero attached hydrogens (tertiary/aromatic N) is 2. The fraction of sp³-hybridized carbons (Fsp3) is 0.471. The van der Waals surface area contributed by atoms with Crippen molar-refractivity contribution in [3.05, 3.63) is 39.9 Å². The highest BCUT2D eigenvalue weighted by atomic mass is 16.7. The van der Waals surface area contributed by atoms with Crippen LogP contribution in [-0.4, -0.2) is 48.1 Å². The van der Waals surface area contributed by atoms with Gasteiger partial charge in [0.15, 0.2) is 5.72 Å². The van der Waals surface area contributed by atoms with Gasteiger partial charge in [-0.2, -0.15) is 0 Å². The number of benzene rings is 1. The summed E-state index contributed by atoms with van der Waals surface area (Å²) >= 11 is 0. The maximum atomic E-state index is 12.6. The van der Waals surface area contributed by atoms with Crippen LogP contribution in [0.2, 0.25) is 0 Å². The molecule has 0 amide bonds. The Bertz CT molecular complexity index is 836. The number of hydrogen-bond acceptors (Lipinski definition) is 8. The van der Waals surface area contributed by atoms with E-state index in [1.54, 1.807) is 19.9 Å². The molecule has 4 atom stereocenters. The smallest absolute Gasteiger partial charge is 0.344 e. The second-order valence-corrected chi connectivity index (χ2v) is 6.36. The molecule has 1 fully saturated rings. The Hall–Kier alpha value is -2.81. The van der Waals surface area contributed by atoms with E-state index in [1.807, 2.05) is 0 Å². The fourth-order valence-corrected chi connectivity index (χ4v) is 3.89. The van der Waals surface area contributed by atoms with Gasteiger partial charge in [0.2, 0.25) is 5.60 Å². The molecule has 3 rings (SSSR count). The van der Waals surface area contributed by atoms with Crippen LogP contribution in [0.1, 0.15) is 25.3 Å². The van der Waals surface area contributed by atoms with E-state index in [4.69, 9.17) is 14.2 Å². The van der Waals surface area contributed by atoms with Gasteiger partial charge in [0.25, 0.3) is 5.69 Å². The predicted octanol–water partition coefficient (Wildman–Crippen LogP) is 1.60. The van der Waals surface area contributed by atoms with E-state index in [2.05, 4.69) is 4.99 Å². The largest absolute Gasteiger partial charge is 0.468 e. The molecule has 1 aromatic rings. The number of ether oxygens (including phenoxy) is 3. The molecule has 1 aromatic carbocycles. The van der Waals surface area contributed by atoms with Gasteiger partial charge in [-0.3, -0.25) is 19.9 Å². The third-order valence-corrected chi connectivity index (χ3v) is 5.03. The summed E-state index contributed by atoms with van der Waals surface area (Å²) in [6.07, 6.45) is 0. The van der Waals surface area contributed by atoms with Crippen molar-refractivity contribution in [2.24, 2.45) is 10.9 Å². The second-order valence-electron chi connectivity index (χ2n) is 6.36. The molecule has 1 saturated heterocycles. The number of aliphatic imine (C=N–C) groups is 1. The summed E-state index contributed by atoms with van der Waals surface area (Å²) in [6, 6.07) is 5.93. The highest BCUT2D eigenvalue weighted by Crippen LogP contribution is 2.63. The van der Waals surface area contributed by atoms with Crippen molar-refractivity contribution in [3.8, 4) is 0 Å². The maximum Gasteiger partial charge on any atom is 0.344 e. The molecule has 0 radical (unpaired) electrons. The Balaban J connectivity index is 2.29. The van der Waals surface area contributed by atoms with Gasteiger partial charge < -0.3 is 14.2 Å². The minimum absolute atomic E-state index is 0.191. The third kappa shape index (κ3) is 2.23. The van der Waals surface area contributed by atoms with Gasteiger partial charge in [0.1, 0.15) is 5.92 Å². The highest BCUT2D eigenvalue weighted by molar-refractivity contribution is 6.06. The lowest BCUT2D eigenvalue weighted by Crippen LogP contribution is -2.50. The molecule has 0 saturated carbocycles. The van der Waals surface area contributed by atoms with E-state index in [0.29, 0.717) is 5.71 Å². The third-order valence-electron chi connectivity index (χ3n) is 5.03. The molecular weight excluding hydrogens is 344 g/mol. The topological polar surface area (TPSA) is 121 Å². The van der Waals surface area contributed by atoms with Crippen LogP contribution in [0, 0.1) is 16.0 Å². The Labute approximate surface area is 149 Å². The van der Waals surface area contributed by atoms with Crippen molar-refractivity contribution in [3.63, 3.8) is 0 Å². The van der Waals surface area contributed by atoms with Gasteiger partial charge >= 0.3 is 11.9 Å². The van der Waals surface area contributed by atoms with Crippen LogP contribution in [0.25, 0.3) is 0 Å². The first-order valence-electron chi connectivity index (χ1n) is 7.89. The maximum absolute atomic E-state index is 12.6. The molecule has 138 valence electrons. The summed E-state index contributed by atoms with van der Waals surface area (Å²) in [5.41, 5.74) is -2.55. The van der Waals surface area contributed by atoms with Crippen molar-refractivity contribution in [1.29, 1.82) is 0 Å². The Morgan fingerprint density at radius 3 is 2.50 bits per heavy atom. The molecule has 0 aliphatic carbocycles. The molecule has 2 heterocycles. The number of nitro benzene ring substituents is 1. The lowest BCUT2D eigenvalue weighted by molar-refractivity contribution is -0.385. The van der Waals surface area contributed by atoms with Crippen LogP contribution in [-0.2, 0) is 23.8 Å². The number of rotatable bonds is 4. The van der Waals surface area contributed by atoms with E-state index < -0.39 is 40.0 Å². The number of para-hydroxylation sites is 1. The van der Waals surface area contributed by atoms with Crippen LogP contribution in [0.5, 0.6) is 0 Å². The second kappa shape index (κ2) is 5.87. The van der Waals surface area contributed by atoms with Crippen molar-refractivity contribution < 1.29 is 28.7 Å². The molecule has 0 aromatic heterocycles. The monoisotopic (exact) mass is 362 g/mol. The van der Waals surface area contributed by atoms with Crippen molar-refractivity contribution in [2.45, 2.75) is 31.1 Å². The van der Waals surface area contributed by atoms with Crippen LogP contribution in [0.15, 0.2) is 29.3 Å². The number of fused-ring (bicyclic) bond motifs is 1. The number of carbonyl (C=O) groups is 2. The Morgan fingerprint density at radius 1 is 1.27 bits per heavy atom. The zero-order valence-corrected chi connectivity index (χ0v) is 14.7. The average molecular weight is 362 g/mol. The molecule has 0 spiro atoms. The summed E-state index contributed by atoms with van der Waals surface area (Å²) in [7, 11) is 2.40. The number of epoxide rings is 1. The first-order valence-corrected chi connectivity index (χ1v) is 7.89. The number of esters is 2.